The van der Waals surface area contributed by atoms with Crippen LogP contribution in [0.5, 0.6) is 0 Å². The third-order valence-electron chi connectivity index (χ3n) is 1.85. The van der Waals surface area contributed by atoms with Gasteiger partial charge >= 0.3 is 12.1 Å². The molecule has 6 heteroatoms. The summed E-state index contributed by atoms with van der Waals surface area (Å²) in [6.45, 7) is 0.316. The lowest BCUT2D eigenvalue weighted by Gasteiger charge is -2.17. The molecule has 1 aliphatic rings. The maximum atomic E-state index is 10.7. The summed E-state index contributed by atoms with van der Waals surface area (Å²) >= 11 is 0. The van der Waals surface area contributed by atoms with Crippen LogP contribution in [0.3, 0.4) is 0 Å². The second kappa shape index (κ2) is 3.40. The molecule has 1 unspecified atom stereocenters. The van der Waals surface area contributed by atoms with Crippen molar-refractivity contribution < 1.29 is 24.8 Å². The van der Waals surface area contributed by atoms with Crippen molar-refractivity contribution in [2.75, 3.05) is 6.54 Å². The Kier molecular flexibility index (Phi) is 2.49. The van der Waals surface area contributed by atoms with Gasteiger partial charge < -0.3 is 5.11 Å². The van der Waals surface area contributed by atoms with Crippen LogP contribution in [0.15, 0.2) is 0 Å². The maximum Gasteiger partial charge on any atom is 0.441 e. The number of carbonyl (C=O) groups is 2. The lowest BCUT2D eigenvalue weighted by atomic mass is 10.2. The molecule has 1 atom stereocenters. The highest BCUT2D eigenvalue weighted by molar-refractivity contribution is 5.80. The minimum Gasteiger partial charge on any atom is -0.480 e. The Balaban J connectivity index is 2.63. The standard InChI is InChI=1S/C6H9NO5/c8-5(9)4-2-1-3-7(4)6(10)12-11/h4,11H,1-3H2,(H,8,9). The van der Waals surface area contributed by atoms with Crippen LogP contribution in [0, 0.1) is 0 Å². The number of likely N-dealkylation sites (tertiary alicyclic amines) is 1. The van der Waals surface area contributed by atoms with Crippen LogP contribution in [-0.4, -0.2) is 39.9 Å². The summed E-state index contributed by atoms with van der Waals surface area (Å²) in [7, 11) is 0. The Hall–Kier alpha value is -1.30. The van der Waals surface area contributed by atoms with Crippen molar-refractivity contribution in [1.29, 1.82) is 0 Å². The fourth-order valence-electron chi connectivity index (χ4n) is 1.29. The molecule has 0 aromatic carbocycles. The molecule has 68 valence electrons. The summed E-state index contributed by atoms with van der Waals surface area (Å²) in [6, 6.07) is -0.857. The predicted molar refractivity (Wildman–Crippen MR) is 36.5 cm³/mol. The van der Waals surface area contributed by atoms with E-state index in [0.717, 1.165) is 4.90 Å². The molecule has 0 aromatic rings. The summed E-state index contributed by atoms with van der Waals surface area (Å²) in [4.78, 5) is 25.6. The van der Waals surface area contributed by atoms with E-state index in [-0.39, 0.29) is 0 Å². The van der Waals surface area contributed by atoms with Crippen molar-refractivity contribution in [3.8, 4) is 0 Å². The zero-order chi connectivity index (χ0) is 9.14. The van der Waals surface area contributed by atoms with Gasteiger partial charge in [-0.25, -0.2) is 9.59 Å². The summed E-state index contributed by atoms with van der Waals surface area (Å²) in [5.74, 6) is -1.07. The van der Waals surface area contributed by atoms with Gasteiger partial charge in [-0.05, 0) is 12.8 Å². The van der Waals surface area contributed by atoms with E-state index in [0.29, 0.717) is 19.4 Å². The van der Waals surface area contributed by atoms with Crippen LogP contribution in [-0.2, 0) is 9.68 Å². The first kappa shape index (κ1) is 8.79. The highest BCUT2D eigenvalue weighted by Crippen LogP contribution is 2.17. The van der Waals surface area contributed by atoms with Crippen LogP contribution in [0.1, 0.15) is 12.8 Å². The van der Waals surface area contributed by atoms with Gasteiger partial charge in [0.1, 0.15) is 6.04 Å². The fourth-order valence-corrected chi connectivity index (χ4v) is 1.29. The van der Waals surface area contributed by atoms with E-state index in [1.807, 2.05) is 0 Å². The number of amides is 1. The topological polar surface area (TPSA) is 87.1 Å². The van der Waals surface area contributed by atoms with Gasteiger partial charge in [0.15, 0.2) is 0 Å². The number of carboxylic acid groups (broad SMARTS) is 1. The Morgan fingerprint density at radius 1 is 1.50 bits per heavy atom. The van der Waals surface area contributed by atoms with Gasteiger partial charge in [0.05, 0.1) is 0 Å². The van der Waals surface area contributed by atoms with Gasteiger partial charge in [0, 0.05) is 6.54 Å². The van der Waals surface area contributed by atoms with Crippen LogP contribution in [0.2, 0.25) is 0 Å². The minimum absolute atomic E-state index is 0.316. The fraction of sp³-hybridized carbons (Fsp3) is 0.667. The summed E-state index contributed by atoms with van der Waals surface area (Å²) in [6.07, 6.45) is 0.0242. The van der Waals surface area contributed by atoms with E-state index in [2.05, 4.69) is 4.89 Å². The molecule has 0 radical (unpaired) electrons. The summed E-state index contributed by atoms with van der Waals surface area (Å²) in [5, 5.41) is 16.6. The molecule has 1 heterocycles. The first-order valence-electron chi connectivity index (χ1n) is 3.51. The van der Waals surface area contributed by atoms with E-state index >= 15 is 0 Å². The van der Waals surface area contributed by atoms with Crippen LogP contribution >= 0.6 is 0 Å². The Labute approximate surface area is 68.3 Å². The van der Waals surface area contributed by atoms with Crippen molar-refractivity contribution in [1.82, 2.24) is 4.90 Å². The van der Waals surface area contributed by atoms with E-state index in [4.69, 9.17) is 10.4 Å². The Morgan fingerprint density at radius 2 is 2.17 bits per heavy atom. The Bertz CT molecular complexity index is 204. The average Bonchev–Trinajstić information content (AvgIpc) is 2.50. The molecule has 1 amide bonds. The highest BCUT2D eigenvalue weighted by Gasteiger charge is 2.35. The molecule has 2 N–H and O–H groups in total. The molecule has 0 aliphatic carbocycles. The number of hydrogen-bond acceptors (Lipinski definition) is 4. The van der Waals surface area contributed by atoms with E-state index in [1.54, 1.807) is 0 Å². The molecule has 0 aromatic heterocycles. The number of carbonyl (C=O) groups excluding carboxylic acids is 1. The van der Waals surface area contributed by atoms with Gasteiger partial charge in [0.25, 0.3) is 0 Å². The molecule has 12 heavy (non-hydrogen) atoms. The predicted octanol–water partition coefficient (Wildman–Crippen LogP) is 0.145. The van der Waals surface area contributed by atoms with E-state index < -0.39 is 18.1 Å². The van der Waals surface area contributed by atoms with Gasteiger partial charge in [-0.15, -0.1) is 0 Å². The molecule has 1 fully saturated rings. The summed E-state index contributed by atoms with van der Waals surface area (Å²) in [5.41, 5.74) is 0. The largest absolute Gasteiger partial charge is 0.480 e. The second-order valence-corrected chi connectivity index (χ2v) is 2.55. The number of nitrogens with zero attached hydrogens (tertiary/aromatic N) is 1. The third-order valence-corrected chi connectivity index (χ3v) is 1.85. The molecule has 1 aliphatic heterocycles. The van der Waals surface area contributed by atoms with Gasteiger partial charge in [0.2, 0.25) is 0 Å². The first-order chi connectivity index (χ1) is 5.66. The number of hydrogen-bond donors (Lipinski definition) is 2. The lowest BCUT2D eigenvalue weighted by molar-refractivity contribution is -0.190. The van der Waals surface area contributed by atoms with Crippen molar-refractivity contribution >= 4 is 12.1 Å². The Morgan fingerprint density at radius 3 is 2.67 bits per heavy atom. The smallest absolute Gasteiger partial charge is 0.441 e. The minimum atomic E-state index is -1.07. The molecule has 0 saturated carbocycles. The molecular weight excluding hydrogens is 166 g/mol. The zero-order valence-electron chi connectivity index (χ0n) is 6.27. The van der Waals surface area contributed by atoms with Gasteiger partial charge in [-0.1, -0.05) is 0 Å². The quantitative estimate of drug-likeness (QED) is 0.437. The van der Waals surface area contributed by atoms with Crippen molar-refractivity contribution in [2.24, 2.45) is 0 Å². The van der Waals surface area contributed by atoms with Gasteiger partial charge in [-0.3, -0.25) is 9.79 Å². The van der Waals surface area contributed by atoms with E-state index in [9.17, 15) is 9.59 Å². The molecule has 1 saturated heterocycles. The normalized spacial score (nSPS) is 22.4. The molecule has 0 spiro atoms. The van der Waals surface area contributed by atoms with Crippen molar-refractivity contribution in [3.05, 3.63) is 0 Å². The van der Waals surface area contributed by atoms with E-state index in [1.165, 1.54) is 0 Å². The van der Waals surface area contributed by atoms with Gasteiger partial charge in [-0.2, -0.15) is 5.26 Å². The lowest BCUT2D eigenvalue weighted by Crippen LogP contribution is -2.40. The van der Waals surface area contributed by atoms with Crippen molar-refractivity contribution in [2.45, 2.75) is 18.9 Å². The second-order valence-electron chi connectivity index (χ2n) is 2.55. The molecular formula is C6H9NO5. The monoisotopic (exact) mass is 175 g/mol. The SMILES string of the molecule is O=C(O)C1CCCN1C(=O)OO. The zero-order valence-corrected chi connectivity index (χ0v) is 6.27. The summed E-state index contributed by atoms with van der Waals surface area (Å²) < 4.78 is 0. The molecule has 1 rings (SSSR count). The molecule has 0 bridgehead atoms. The van der Waals surface area contributed by atoms with Crippen LogP contribution in [0.4, 0.5) is 4.79 Å². The van der Waals surface area contributed by atoms with Crippen LogP contribution < -0.4 is 0 Å². The van der Waals surface area contributed by atoms with Crippen LogP contribution in [0.25, 0.3) is 0 Å². The number of aliphatic carboxylic acids is 1. The molecule has 6 nitrogen and oxygen atoms in total. The third kappa shape index (κ3) is 1.48. The maximum absolute atomic E-state index is 10.7. The number of rotatable bonds is 1. The first-order valence-corrected chi connectivity index (χ1v) is 3.51. The highest BCUT2D eigenvalue weighted by atomic mass is 17.1. The van der Waals surface area contributed by atoms with Crippen molar-refractivity contribution in [3.63, 3.8) is 0 Å². The average molecular weight is 175 g/mol. The number of carboxylic acids is 1.